The lowest BCUT2D eigenvalue weighted by Crippen LogP contribution is -2.87. The predicted molar refractivity (Wildman–Crippen MR) is 240 cm³/mol. The molecule has 0 aromatic heterocycles. The highest BCUT2D eigenvalue weighted by Crippen LogP contribution is 2.37. The molecule has 0 radical (unpaired) electrons. The second kappa shape index (κ2) is 13.2. The second-order valence-electron chi connectivity index (χ2n) is 14.8. The van der Waals surface area contributed by atoms with Gasteiger partial charge in [-0.05, 0) is 91.2 Å². The van der Waals surface area contributed by atoms with E-state index < -0.39 is 16.9 Å². The molecule has 264 valence electrons. The summed E-state index contributed by atoms with van der Waals surface area (Å²) in [6.45, 7) is 0. The molecule has 1 spiro atoms. The average Bonchev–Trinajstić information content (AvgIpc) is 3.27. The van der Waals surface area contributed by atoms with E-state index in [2.05, 4.69) is 223 Å². The monoisotopic (exact) mass is 747 g/mol. The zero-order valence-corrected chi connectivity index (χ0v) is 32.9. The van der Waals surface area contributed by atoms with Gasteiger partial charge in [-0.15, -0.1) is 0 Å². The minimum Gasteiger partial charge on any atom is -0.458 e. The van der Waals surface area contributed by atoms with Crippen molar-refractivity contribution in [2.24, 2.45) is 0 Å². The summed E-state index contributed by atoms with van der Waals surface area (Å²) in [7, 11) is -4.79. The van der Waals surface area contributed by atoms with Crippen molar-refractivity contribution in [3.8, 4) is 22.6 Å². The molecule has 4 heteroatoms. The van der Waals surface area contributed by atoms with Crippen molar-refractivity contribution in [2.75, 3.05) is 4.90 Å². The van der Waals surface area contributed by atoms with Gasteiger partial charge in [0, 0.05) is 17.1 Å². The van der Waals surface area contributed by atoms with Gasteiger partial charge >= 0.3 is 0 Å². The predicted octanol–water partition coefficient (Wildman–Crippen LogP) is 8.02. The topological polar surface area (TPSA) is 12.5 Å². The van der Waals surface area contributed by atoms with E-state index in [9.17, 15) is 0 Å². The van der Waals surface area contributed by atoms with E-state index in [1.54, 1.807) is 0 Å². The van der Waals surface area contributed by atoms with Gasteiger partial charge in [0.05, 0.1) is 0 Å². The Hall–Kier alpha value is -6.73. The fraction of sp³-hybridized carbons (Fsp3) is 0. The summed E-state index contributed by atoms with van der Waals surface area (Å²) in [4.78, 5) is 2.44. The third kappa shape index (κ3) is 5.00. The van der Waals surface area contributed by atoms with Crippen LogP contribution in [0.1, 0.15) is 0 Å². The molecule has 1 atom stereocenters. The molecule has 0 aliphatic carbocycles. The van der Waals surface area contributed by atoms with Crippen molar-refractivity contribution in [3.05, 3.63) is 218 Å². The zero-order chi connectivity index (χ0) is 37.1. The molecule has 0 fully saturated rings. The first kappa shape index (κ1) is 32.7. The first-order chi connectivity index (χ1) is 27.8. The van der Waals surface area contributed by atoms with E-state index in [-0.39, 0.29) is 0 Å². The van der Waals surface area contributed by atoms with E-state index in [0.29, 0.717) is 0 Å². The van der Waals surface area contributed by atoms with Crippen LogP contribution in [0.25, 0.3) is 21.9 Å². The summed E-state index contributed by atoms with van der Waals surface area (Å²) < 4.78 is 6.77. The Morgan fingerprint density at radius 3 is 1.70 bits per heavy atom. The summed E-state index contributed by atoms with van der Waals surface area (Å²) in [6.07, 6.45) is 0. The Bertz CT molecular complexity index is 2860. The van der Waals surface area contributed by atoms with Crippen LogP contribution in [0.5, 0.6) is 11.5 Å². The van der Waals surface area contributed by atoms with Crippen molar-refractivity contribution < 1.29 is 4.74 Å². The average molecular weight is 748 g/mol. The highest BCUT2D eigenvalue weighted by Gasteiger charge is 2.53. The standard InChI is InChI=1S/C52H37NOSi2/c1-3-18-39(19-4-1)53(40-32-30-38(31-33-40)44-23-15-17-37-16-7-8-22-43(37)44)41-34-35-48-52(36-41)56(49-27-12-9-24-45(49)54-46-25-10-13-28-50(46)56)51-29-14-11-26-47(51)55(48)42-20-5-2-6-21-42/h1-36,55H. The van der Waals surface area contributed by atoms with Crippen molar-refractivity contribution in [3.63, 3.8) is 0 Å². The molecule has 2 aliphatic rings. The van der Waals surface area contributed by atoms with Gasteiger partial charge in [0.2, 0.25) is 0 Å². The maximum absolute atomic E-state index is 6.77. The van der Waals surface area contributed by atoms with Crippen LogP contribution in [0.3, 0.4) is 0 Å². The molecule has 11 rings (SSSR count). The lowest BCUT2D eigenvalue weighted by Gasteiger charge is -2.46. The van der Waals surface area contributed by atoms with Gasteiger partial charge in [-0.2, -0.15) is 0 Å². The largest absolute Gasteiger partial charge is 0.458 e. The lowest BCUT2D eigenvalue weighted by molar-refractivity contribution is 0.487. The Labute approximate surface area is 330 Å². The van der Waals surface area contributed by atoms with E-state index in [4.69, 9.17) is 4.74 Å². The Balaban J connectivity index is 1.17. The quantitative estimate of drug-likeness (QED) is 0.166. The van der Waals surface area contributed by atoms with Gasteiger partial charge in [0.1, 0.15) is 20.3 Å². The minimum absolute atomic E-state index is 0.966. The Morgan fingerprint density at radius 2 is 0.946 bits per heavy atom. The van der Waals surface area contributed by atoms with Gasteiger partial charge in [0.15, 0.2) is 8.07 Å². The number of hydrogen-bond acceptors (Lipinski definition) is 2. The van der Waals surface area contributed by atoms with E-state index in [1.165, 1.54) is 58.2 Å². The van der Waals surface area contributed by atoms with Crippen molar-refractivity contribution in [1.29, 1.82) is 0 Å². The molecule has 0 amide bonds. The fourth-order valence-corrected chi connectivity index (χ4v) is 19.9. The molecule has 56 heavy (non-hydrogen) atoms. The molecule has 2 heterocycles. The summed E-state index contributed by atoms with van der Waals surface area (Å²) in [6, 6.07) is 80.9. The van der Waals surface area contributed by atoms with Gasteiger partial charge in [-0.25, -0.2) is 0 Å². The van der Waals surface area contributed by atoms with Crippen LogP contribution < -0.4 is 45.9 Å². The summed E-state index contributed by atoms with van der Waals surface area (Å²) in [5.74, 6) is 1.93. The maximum atomic E-state index is 6.77. The summed E-state index contributed by atoms with van der Waals surface area (Å²) in [5.41, 5.74) is 5.86. The molecule has 2 nitrogen and oxygen atoms in total. The van der Waals surface area contributed by atoms with Gasteiger partial charge < -0.3 is 9.64 Å². The number of rotatable bonds is 5. The van der Waals surface area contributed by atoms with Crippen LogP contribution in [0.2, 0.25) is 0 Å². The normalized spacial score (nSPS) is 14.5. The molecule has 2 aliphatic heterocycles. The molecular weight excluding hydrogens is 711 g/mol. The van der Waals surface area contributed by atoms with Crippen molar-refractivity contribution >= 4 is 81.0 Å². The Kier molecular flexibility index (Phi) is 7.73. The summed E-state index contributed by atoms with van der Waals surface area (Å²) >= 11 is 0. The second-order valence-corrected chi connectivity index (χ2v) is 21.2. The molecule has 1 unspecified atom stereocenters. The molecule has 9 aromatic rings. The van der Waals surface area contributed by atoms with E-state index >= 15 is 0 Å². The Morgan fingerprint density at radius 1 is 0.393 bits per heavy atom. The van der Waals surface area contributed by atoms with E-state index in [0.717, 1.165) is 28.6 Å². The smallest absolute Gasteiger partial charge is 0.188 e. The molecule has 0 bridgehead atoms. The van der Waals surface area contributed by atoms with Crippen LogP contribution in [0, 0.1) is 0 Å². The molecule has 9 aromatic carbocycles. The van der Waals surface area contributed by atoms with Crippen LogP contribution in [-0.2, 0) is 0 Å². The SMILES string of the molecule is c1ccc(N(c2ccc(-c3cccc4ccccc34)cc2)c2ccc3c(c2)[Si]2(c4ccccc4Oc4ccccc42)c2ccccc2[SiH]3c2ccccc2)cc1. The number of fused-ring (bicyclic) bond motifs is 9. The first-order valence-corrected chi connectivity index (χ1v) is 23.1. The number of hydrogen-bond donors (Lipinski definition) is 0. The molecular formula is C52H37NOSi2. The molecule has 0 saturated carbocycles. The maximum Gasteiger partial charge on any atom is 0.188 e. The van der Waals surface area contributed by atoms with Crippen LogP contribution in [-0.4, -0.2) is 16.9 Å². The molecule has 0 saturated heterocycles. The van der Waals surface area contributed by atoms with Gasteiger partial charge in [-0.3, -0.25) is 0 Å². The van der Waals surface area contributed by atoms with Gasteiger partial charge in [0.25, 0.3) is 0 Å². The number of anilines is 3. The van der Waals surface area contributed by atoms with E-state index in [1.807, 2.05) is 0 Å². The number of nitrogens with zero attached hydrogens (tertiary/aromatic N) is 1. The van der Waals surface area contributed by atoms with Crippen LogP contribution in [0.4, 0.5) is 17.1 Å². The van der Waals surface area contributed by atoms with Crippen molar-refractivity contribution in [2.45, 2.75) is 0 Å². The fourth-order valence-electron chi connectivity index (χ4n) is 9.53. The highest BCUT2D eigenvalue weighted by atomic mass is 28.3. The van der Waals surface area contributed by atoms with Gasteiger partial charge in [-0.1, -0.05) is 185 Å². The molecule has 0 N–H and O–H groups in total. The van der Waals surface area contributed by atoms with Crippen LogP contribution >= 0.6 is 0 Å². The third-order valence-electron chi connectivity index (χ3n) is 11.9. The highest BCUT2D eigenvalue weighted by molar-refractivity contribution is 7.27. The summed E-state index contributed by atoms with van der Waals surface area (Å²) in [5, 5.41) is 12.5. The number of ether oxygens (including phenoxy) is 1. The lowest BCUT2D eigenvalue weighted by atomic mass is 9.98. The number of benzene rings is 9. The van der Waals surface area contributed by atoms with Crippen LogP contribution in [0.15, 0.2) is 218 Å². The first-order valence-electron chi connectivity index (χ1n) is 19.4. The van der Waals surface area contributed by atoms with Crippen molar-refractivity contribution in [1.82, 2.24) is 0 Å². The zero-order valence-electron chi connectivity index (χ0n) is 30.7. The number of para-hydroxylation sites is 3. The third-order valence-corrected chi connectivity index (χ3v) is 20.7. The minimum atomic E-state index is -2.90.